The highest BCUT2D eigenvalue weighted by Gasteiger charge is 2.15. The lowest BCUT2D eigenvalue weighted by Crippen LogP contribution is -2.15. The normalized spacial score (nSPS) is 12.2. The first-order valence-corrected chi connectivity index (χ1v) is 10.9. The summed E-state index contributed by atoms with van der Waals surface area (Å²) < 4.78 is 1.83. The number of rotatable bonds is 9. The maximum absolute atomic E-state index is 12.5. The molecule has 7 nitrogen and oxygen atoms in total. The van der Waals surface area contributed by atoms with Gasteiger partial charge in [-0.15, -0.1) is 0 Å². The third-order valence-electron chi connectivity index (χ3n) is 5.59. The van der Waals surface area contributed by atoms with Crippen LogP contribution in [0.1, 0.15) is 47.2 Å². The number of ketones is 1. The fourth-order valence-corrected chi connectivity index (χ4v) is 3.89. The van der Waals surface area contributed by atoms with Crippen LogP contribution in [0.4, 0.5) is 11.4 Å². The van der Waals surface area contributed by atoms with Gasteiger partial charge in [0.2, 0.25) is 11.8 Å². The van der Waals surface area contributed by atoms with Gasteiger partial charge in [-0.3, -0.25) is 14.4 Å². The average Bonchev–Trinajstić information content (AvgIpc) is 3.47. The summed E-state index contributed by atoms with van der Waals surface area (Å²) in [5.74, 6) is -0.376. The van der Waals surface area contributed by atoms with Gasteiger partial charge in [0.15, 0.2) is 5.78 Å². The first-order chi connectivity index (χ1) is 15.6. The van der Waals surface area contributed by atoms with Gasteiger partial charge in [-0.25, -0.2) is 4.98 Å². The van der Waals surface area contributed by atoms with Crippen molar-refractivity contribution < 1.29 is 14.4 Å². The minimum Gasteiger partial charge on any atom is -0.337 e. The van der Waals surface area contributed by atoms with Crippen LogP contribution >= 0.6 is 0 Å². The second-order valence-electron chi connectivity index (χ2n) is 7.99. The molecule has 164 valence electrons. The van der Waals surface area contributed by atoms with Crippen LogP contribution in [0.2, 0.25) is 0 Å². The fourth-order valence-electron chi connectivity index (χ4n) is 3.89. The van der Waals surface area contributed by atoms with Crippen molar-refractivity contribution in [1.29, 1.82) is 0 Å². The largest absolute Gasteiger partial charge is 0.337 e. The molecule has 2 amide bonds. The zero-order valence-corrected chi connectivity index (χ0v) is 17.8. The van der Waals surface area contributed by atoms with Crippen LogP contribution in [-0.2, 0) is 29.0 Å². The van der Waals surface area contributed by atoms with Crippen LogP contribution in [0.5, 0.6) is 0 Å². The van der Waals surface area contributed by atoms with E-state index in [-0.39, 0.29) is 30.4 Å². The summed E-state index contributed by atoms with van der Waals surface area (Å²) in [6.45, 7) is 0.542. The molecule has 4 rings (SSSR count). The number of hydrogen-bond acceptors (Lipinski definition) is 4. The van der Waals surface area contributed by atoms with Gasteiger partial charge in [-0.1, -0.05) is 18.2 Å². The molecule has 0 aliphatic heterocycles. The van der Waals surface area contributed by atoms with E-state index in [9.17, 15) is 14.4 Å². The molecule has 0 unspecified atom stereocenters. The number of benzene rings is 2. The first kappa shape index (κ1) is 21.5. The van der Waals surface area contributed by atoms with Crippen LogP contribution in [0.15, 0.2) is 61.2 Å². The Morgan fingerprint density at radius 1 is 0.875 bits per heavy atom. The van der Waals surface area contributed by atoms with Crippen molar-refractivity contribution >= 4 is 29.0 Å². The predicted octanol–water partition coefficient (Wildman–Crippen LogP) is 4.00. The molecular formula is C25H26N4O3. The number of nitrogens with one attached hydrogen (secondary N) is 2. The van der Waals surface area contributed by atoms with Crippen molar-refractivity contribution in [3.05, 3.63) is 77.9 Å². The molecule has 0 bridgehead atoms. The molecule has 2 aromatic carbocycles. The number of anilines is 2. The van der Waals surface area contributed by atoms with E-state index in [1.807, 2.05) is 22.8 Å². The summed E-state index contributed by atoms with van der Waals surface area (Å²) in [6, 6.07) is 12.9. The zero-order chi connectivity index (χ0) is 22.3. The van der Waals surface area contributed by atoms with Crippen molar-refractivity contribution in [1.82, 2.24) is 9.55 Å². The number of Topliss-reactive ketones (excluding diaryl/α,β-unsaturated/α-hetero) is 1. The monoisotopic (exact) mass is 430 g/mol. The first-order valence-electron chi connectivity index (χ1n) is 10.9. The summed E-state index contributed by atoms with van der Waals surface area (Å²) in [7, 11) is 0. The fraction of sp³-hybridized carbons (Fsp3) is 0.280. The smallest absolute Gasteiger partial charge is 0.226 e. The Morgan fingerprint density at radius 2 is 1.62 bits per heavy atom. The minimum absolute atomic E-state index is 0.0197. The topological polar surface area (TPSA) is 93.1 Å². The van der Waals surface area contributed by atoms with Gasteiger partial charge in [0.25, 0.3) is 0 Å². The van der Waals surface area contributed by atoms with Gasteiger partial charge in [0.05, 0.1) is 6.33 Å². The molecule has 0 radical (unpaired) electrons. The van der Waals surface area contributed by atoms with E-state index in [1.54, 1.807) is 43.0 Å². The molecule has 0 spiro atoms. The van der Waals surface area contributed by atoms with Gasteiger partial charge in [-0.05, 0) is 54.7 Å². The second-order valence-corrected chi connectivity index (χ2v) is 7.99. The third kappa shape index (κ3) is 5.69. The number of hydrogen-bond donors (Lipinski definition) is 2. The maximum Gasteiger partial charge on any atom is 0.226 e. The lowest BCUT2D eigenvalue weighted by molar-refractivity contribution is -0.117. The molecule has 1 heterocycles. The number of fused-ring (bicyclic) bond motifs is 1. The van der Waals surface area contributed by atoms with Crippen molar-refractivity contribution in [2.45, 2.75) is 45.1 Å². The van der Waals surface area contributed by atoms with E-state index in [4.69, 9.17) is 0 Å². The third-order valence-corrected chi connectivity index (χ3v) is 5.59. The quantitative estimate of drug-likeness (QED) is 0.502. The summed E-state index contributed by atoms with van der Waals surface area (Å²) >= 11 is 0. The van der Waals surface area contributed by atoms with Crippen molar-refractivity contribution in [2.24, 2.45) is 0 Å². The Bertz CT molecular complexity index is 1120. The van der Waals surface area contributed by atoms with E-state index < -0.39 is 0 Å². The molecule has 7 heteroatoms. The predicted molar refractivity (Wildman–Crippen MR) is 123 cm³/mol. The molecule has 1 aliphatic rings. The standard InChI is InChI=1S/C25H26N4O3/c30-23(20-8-7-18-3-1-4-19(18)15-20)9-10-24(31)27-21-5-2-6-22(16-21)28-25(32)11-13-29-14-12-26-17-29/h2,5-8,12,14-17H,1,3-4,9-11,13H2,(H,27,31)(H,28,32). The lowest BCUT2D eigenvalue weighted by atomic mass is 10.0. The summed E-state index contributed by atoms with van der Waals surface area (Å²) in [5, 5.41) is 5.64. The molecule has 0 atom stereocenters. The number of carbonyl (C=O) groups is 3. The Labute approximate surface area is 186 Å². The Morgan fingerprint density at radius 3 is 2.38 bits per heavy atom. The lowest BCUT2D eigenvalue weighted by Gasteiger charge is -2.09. The highest BCUT2D eigenvalue weighted by Crippen LogP contribution is 2.23. The molecular weight excluding hydrogens is 404 g/mol. The van der Waals surface area contributed by atoms with Crippen LogP contribution in [0.25, 0.3) is 0 Å². The zero-order valence-electron chi connectivity index (χ0n) is 17.8. The number of aromatic nitrogens is 2. The van der Waals surface area contributed by atoms with Gasteiger partial charge in [0, 0.05) is 55.1 Å². The highest BCUT2D eigenvalue weighted by atomic mass is 16.2. The van der Waals surface area contributed by atoms with E-state index in [0.717, 1.165) is 19.3 Å². The second kappa shape index (κ2) is 10.0. The van der Waals surface area contributed by atoms with E-state index in [2.05, 4.69) is 15.6 Å². The maximum atomic E-state index is 12.5. The Hall–Kier alpha value is -3.74. The molecule has 0 saturated heterocycles. The Kier molecular flexibility index (Phi) is 6.75. The number of carbonyl (C=O) groups excluding carboxylic acids is 3. The van der Waals surface area contributed by atoms with Gasteiger partial charge >= 0.3 is 0 Å². The molecule has 2 N–H and O–H groups in total. The van der Waals surface area contributed by atoms with Crippen molar-refractivity contribution in [3.8, 4) is 0 Å². The number of aryl methyl sites for hydroxylation is 3. The van der Waals surface area contributed by atoms with Gasteiger partial charge in [-0.2, -0.15) is 0 Å². The average molecular weight is 431 g/mol. The molecule has 1 aliphatic carbocycles. The van der Waals surface area contributed by atoms with Crippen molar-refractivity contribution in [2.75, 3.05) is 10.6 Å². The Balaban J connectivity index is 1.25. The highest BCUT2D eigenvalue weighted by molar-refractivity contribution is 6.00. The van der Waals surface area contributed by atoms with Gasteiger partial charge < -0.3 is 15.2 Å². The molecule has 1 aromatic heterocycles. The van der Waals surface area contributed by atoms with Crippen LogP contribution in [0.3, 0.4) is 0 Å². The molecule has 32 heavy (non-hydrogen) atoms. The SMILES string of the molecule is O=C(CCC(=O)c1ccc2c(c1)CCC2)Nc1cccc(NC(=O)CCn2ccnc2)c1. The molecule has 3 aromatic rings. The number of amides is 2. The summed E-state index contributed by atoms with van der Waals surface area (Å²) in [4.78, 5) is 40.9. The number of nitrogens with zero attached hydrogens (tertiary/aromatic N) is 2. The summed E-state index contributed by atoms with van der Waals surface area (Å²) in [6.07, 6.45) is 8.97. The van der Waals surface area contributed by atoms with Crippen LogP contribution < -0.4 is 10.6 Å². The van der Waals surface area contributed by atoms with Crippen molar-refractivity contribution in [3.63, 3.8) is 0 Å². The molecule has 0 fully saturated rings. The van der Waals surface area contributed by atoms with Crippen LogP contribution in [-0.4, -0.2) is 27.1 Å². The van der Waals surface area contributed by atoms with Gasteiger partial charge in [0.1, 0.15) is 0 Å². The van der Waals surface area contributed by atoms with E-state index >= 15 is 0 Å². The van der Waals surface area contributed by atoms with E-state index in [0.29, 0.717) is 29.9 Å². The molecule has 0 saturated carbocycles. The summed E-state index contributed by atoms with van der Waals surface area (Å²) in [5.41, 5.74) is 4.44. The minimum atomic E-state index is -0.233. The van der Waals surface area contributed by atoms with Crippen LogP contribution in [0, 0.1) is 0 Å². The van der Waals surface area contributed by atoms with E-state index in [1.165, 1.54) is 11.1 Å². The number of imidazole rings is 1.